The molecule has 1 aromatic heterocycles. The van der Waals surface area contributed by atoms with Gasteiger partial charge in [-0.2, -0.15) is 8.78 Å². The Morgan fingerprint density at radius 3 is 2.76 bits per heavy atom. The highest BCUT2D eigenvalue weighted by Gasteiger charge is 2.14. The molecule has 3 aromatic rings. The van der Waals surface area contributed by atoms with E-state index in [1.54, 1.807) is 47.6 Å². The van der Waals surface area contributed by atoms with Crippen molar-refractivity contribution in [1.82, 2.24) is 9.55 Å². The zero-order valence-corrected chi connectivity index (χ0v) is 12.7. The maximum absolute atomic E-state index is 13.2. The second kappa shape index (κ2) is 7.08. The van der Waals surface area contributed by atoms with Crippen molar-refractivity contribution in [3.05, 3.63) is 72.6 Å². The van der Waals surface area contributed by atoms with E-state index in [9.17, 15) is 18.0 Å². The minimum atomic E-state index is -3.14. The molecule has 0 radical (unpaired) electrons. The highest BCUT2D eigenvalue weighted by atomic mass is 19.3. The number of hydrogen-bond donors (Lipinski definition) is 1. The molecule has 8 heteroatoms. The summed E-state index contributed by atoms with van der Waals surface area (Å²) in [4.78, 5) is 16.3. The number of halogens is 3. The molecule has 0 fully saturated rings. The molecule has 1 amide bonds. The van der Waals surface area contributed by atoms with Crippen LogP contribution < -0.4 is 10.1 Å². The van der Waals surface area contributed by atoms with Crippen molar-refractivity contribution in [1.29, 1.82) is 0 Å². The standard InChI is InChI=1S/C17H12F3N3O2/c18-12-4-5-14(15(9-12)25-17(19)20)22-16(24)11-2-1-3-13(8-11)23-7-6-21-10-23/h1-10,17H,(H,22,24). The van der Waals surface area contributed by atoms with Gasteiger partial charge in [-0.25, -0.2) is 9.37 Å². The Kier molecular flexibility index (Phi) is 4.69. The third-order valence-corrected chi connectivity index (χ3v) is 3.32. The number of ether oxygens (including phenoxy) is 1. The Balaban J connectivity index is 1.84. The molecule has 128 valence electrons. The lowest BCUT2D eigenvalue weighted by molar-refractivity contribution is -0.0495. The van der Waals surface area contributed by atoms with Crippen LogP contribution in [0.25, 0.3) is 5.69 Å². The molecule has 25 heavy (non-hydrogen) atoms. The molecule has 0 saturated heterocycles. The number of amides is 1. The summed E-state index contributed by atoms with van der Waals surface area (Å²) in [5.74, 6) is -1.75. The fourth-order valence-electron chi connectivity index (χ4n) is 2.21. The summed E-state index contributed by atoms with van der Waals surface area (Å²) in [6.45, 7) is -3.14. The maximum atomic E-state index is 13.2. The number of hydrogen-bond acceptors (Lipinski definition) is 3. The van der Waals surface area contributed by atoms with E-state index in [-0.39, 0.29) is 5.69 Å². The van der Waals surface area contributed by atoms with Crippen LogP contribution in [0.4, 0.5) is 18.9 Å². The third kappa shape index (κ3) is 3.97. The van der Waals surface area contributed by atoms with Gasteiger partial charge in [-0.15, -0.1) is 0 Å². The lowest BCUT2D eigenvalue weighted by Gasteiger charge is -2.12. The summed E-state index contributed by atoms with van der Waals surface area (Å²) in [6.07, 6.45) is 4.89. The Hall–Kier alpha value is -3.29. The highest BCUT2D eigenvalue weighted by Crippen LogP contribution is 2.27. The van der Waals surface area contributed by atoms with Gasteiger partial charge in [-0.1, -0.05) is 6.07 Å². The lowest BCUT2D eigenvalue weighted by Crippen LogP contribution is -2.14. The van der Waals surface area contributed by atoms with Gasteiger partial charge in [0.05, 0.1) is 12.0 Å². The number of alkyl halides is 2. The normalized spacial score (nSPS) is 10.7. The van der Waals surface area contributed by atoms with E-state index in [2.05, 4.69) is 15.0 Å². The number of nitrogens with zero attached hydrogens (tertiary/aromatic N) is 2. The number of anilines is 1. The molecule has 0 saturated carbocycles. The van der Waals surface area contributed by atoms with Gasteiger partial charge in [0.15, 0.2) is 5.75 Å². The Morgan fingerprint density at radius 1 is 1.20 bits per heavy atom. The predicted molar refractivity (Wildman–Crippen MR) is 84.5 cm³/mol. The molecular formula is C17H12F3N3O2. The summed E-state index contributed by atoms with van der Waals surface area (Å²) in [5.41, 5.74) is 0.937. The van der Waals surface area contributed by atoms with Crippen molar-refractivity contribution in [3.63, 3.8) is 0 Å². The predicted octanol–water partition coefficient (Wildman–Crippen LogP) is 3.87. The van der Waals surface area contributed by atoms with Crippen LogP contribution in [0.15, 0.2) is 61.2 Å². The summed E-state index contributed by atoms with van der Waals surface area (Å²) in [7, 11) is 0. The van der Waals surface area contributed by atoms with Crippen LogP contribution in [-0.2, 0) is 0 Å². The minimum absolute atomic E-state index is 0.0558. The molecule has 0 bridgehead atoms. The SMILES string of the molecule is O=C(Nc1ccc(F)cc1OC(F)F)c1cccc(-n2ccnc2)c1. The third-order valence-electron chi connectivity index (χ3n) is 3.32. The number of imidazole rings is 1. The Labute approximate surface area is 140 Å². The molecule has 0 spiro atoms. The van der Waals surface area contributed by atoms with Crippen LogP contribution in [0, 0.1) is 5.82 Å². The average Bonchev–Trinajstić information content (AvgIpc) is 3.11. The molecule has 2 aromatic carbocycles. The van der Waals surface area contributed by atoms with Crippen molar-refractivity contribution in [2.45, 2.75) is 6.61 Å². The van der Waals surface area contributed by atoms with Crippen LogP contribution in [0.1, 0.15) is 10.4 Å². The molecule has 0 aliphatic heterocycles. The fraction of sp³-hybridized carbons (Fsp3) is 0.0588. The van der Waals surface area contributed by atoms with Crippen molar-refractivity contribution in [2.24, 2.45) is 0 Å². The summed E-state index contributed by atoms with van der Waals surface area (Å²) in [5, 5.41) is 2.44. The fourth-order valence-corrected chi connectivity index (χ4v) is 2.21. The van der Waals surface area contributed by atoms with Crippen molar-refractivity contribution in [2.75, 3.05) is 5.32 Å². The number of carbonyl (C=O) groups is 1. The molecule has 5 nitrogen and oxygen atoms in total. The van der Waals surface area contributed by atoms with Gasteiger partial charge in [0.1, 0.15) is 5.82 Å². The van der Waals surface area contributed by atoms with E-state index in [1.165, 1.54) is 0 Å². The molecule has 1 heterocycles. The largest absolute Gasteiger partial charge is 0.432 e. The smallest absolute Gasteiger partial charge is 0.387 e. The minimum Gasteiger partial charge on any atom is -0.432 e. The van der Waals surface area contributed by atoms with E-state index in [0.29, 0.717) is 11.3 Å². The zero-order chi connectivity index (χ0) is 17.8. The monoisotopic (exact) mass is 347 g/mol. The molecular weight excluding hydrogens is 335 g/mol. The van der Waals surface area contributed by atoms with Gasteiger partial charge in [0, 0.05) is 29.7 Å². The van der Waals surface area contributed by atoms with Crippen LogP contribution in [-0.4, -0.2) is 22.1 Å². The van der Waals surface area contributed by atoms with Gasteiger partial charge >= 0.3 is 6.61 Å². The van der Waals surface area contributed by atoms with Gasteiger partial charge in [-0.3, -0.25) is 4.79 Å². The maximum Gasteiger partial charge on any atom is 0.387 e. The number of aromatic nitrogens is 2. The van der Waals surface area contributed by atoms with E-state index >= 15 is 0 Å². The van der Waals surface area contributed by atoms with Gasteiger partial charge in [-0.05, 0) is 30.3 Å². The van der Waals surface area contributed by atoms with E-state index in [1.807, 2.05) is 0 Å². The first-order chi connectivity index (χ1) is 12.0. The highest BCUT2D eigenvalue weighted by molar-refractivity contribution is 6.05. The van der Waals surface area contributed by atoms with Crippen molar-refractivity contribution < 1.29 is 22.7 Å². The first-order valence-electron chi connectivity index (χ1n) is 7.17. The van der Waals surface area contributed by atoms with Crippen molar-refractivity contribution >= 4 is 11.6 Å². The van der Waals surface area contributed by atoms with Crippen LogP contribution in [0.5, 0.6) is 5.75 Å². The second-order valence-electron chi connectivity index (χ2n) is 4.99. The first-order valence-corrected chi connectivity index (χ1v) is 7.17. The number of benzene rings is 2. The molecule has 0 atom stereocenters. The number of carbonyl (C=O) groups excluding carboxylic acids is 1. The Bertz CT molecular complexity index is 883. The first kappa shape index (κ1) is 16.6. The molecule has 0 unspecified atom stereocenters. The zero-order valence-electron chi connectivity index (χ0n) is 12.7. The van der Waals surface area contributed by atoms with Crippen molar-refractivity contribution in [3.8, 4) is 11.4 Å². The summed E-state index contributed by atoms with van der Waals surface area (Å²) in [6, 6.07) is 9.60. The second-order valence-corrected chi connectivity index (χ2v) is 4.99. The van der Waals surface area contributed by atoms with E-state index < -0.39 is 24.1 Å². The lowest BCUT2D eigenvalue weighted by atomic mass is 10.1. The molecule has 1 N–H and O–H groups in total. The van der Waals surface area contributed by atoms with Gasteiger partial charge in [0.2, 0.25) is 0 Å². The Morgan fingerprint density at radius 2 is 2.04 bits per heavy atom. The van der Waals surface area contributed by atoms with E-state index in [0.717, 1.165) is 18.2 Å². The van der Waals surface area contributed by atoms with Crippen LogP contribution >= 0.6 is 0 Å². The van der Waals surface area contributed by atoms with Gasteiger partial charge < -0.3 is 14.6 Å². The number of rotatable bonds is 5. The van der Waals surface area contributed by atoms with Crippen LogP contribution in [0.2, 0.25) is 0 Å². The van der Waals surface area contributed by atoms with E-state index in [4.69, 9.17) is 0 Å². The van der Waals surface area contributed by atoms with Crippen LogP contribution in [0.3, 0.4) is 0 Å². The average molecular weight is 347 g/mol. The molecule has 3 rings (SSSR count). The summed E-state index contributed by atoms with van der Waals surface area (Å²) >= 11 is 0. The number of nitrogens with one attached hydrogen (secondary N) is 1. The quantitative estimate of drug-likeness (QED) is 0.762. The van der Waals surface area contributed by atoms with Gasteiger partial charge in [0.25, 0.3) is 5.91 Å². The molecule has 0 aliphatic rings. The summed E-state index contributed by atoms with van der Waals surface area (Å²) < 4.78 is 44.0. The molecule has 0 aliphatic carbocycles. The topological polar surface area (TPSA) is 56.1 Å².